The largest absolute Gasteiger partial charge is 0.0633 e. The molecule has 1 aliphatic rings. The molecule has 59 heavy (non-hydrogen) atoms. The zero-order valence-electron chi connectivity index (χ0n) is 66.6. The van der Waals surface area contributed by atoms with E-state index < -0.39 is 306 Å². The molecular formula is C59H38. The zero-order valence-corrected chi connectivity index (χ0v) is 29.6. The van der Waals surface area contributed by atoms with Crippen LogP contribution in [0.3, 0.4) is 0 Å². The van der Waals surface area contributed by atoms with Crippen LogP contribution in [0.5, 0.6) is 0 Å². The number of hydrogen-bond acceptors (Lipinski definition) is 0. The van der Waals surface area contributed by atoms with Gasteiger partial charge in [-0.3, -0.25) is 0 Å². The maximum absolute atomic E-state index is 9.91. The average molecular weight is 784 g/mol. The summed E-state index contributed by atoms with van der Waals surface area (Å²) in [6, 6.07) is -29.6. The van der Waals surface area contributed by atoms with Crippen molar-refractivity contribution in [2.75, 3.05) is 0 Å². The van der Waals surface area contributed by atoms with Crippen molar-refractivity contribution in [2.45, 2.75) is 19.1 Å². The van der Waals surface area contributed by atoms with E-state index >= 15 is 0 Å². The van der Waals surface area contributed by atoms with Gasteiger partial charge >= 0.3 is 0 Å². The smallest absolute Gasteiger partial charge is 0.0610 e. The molecule has 13 rings (SSSR count). The van der Waals surface area contributed by atoms with Gasteiger partial charge in [0, 0.05) is 13.6 Å². The lowest BCUT2D eigenvalue weighted by atomic mass is 9.80. The van der Waals surface area contributed by atoms with Gasteiger partial charge in [-0.2, -0.15) is 0 Å². The first-order valence-corrected chi connectivity index (χ1v) is 17.8. The molecule has 0 fully saturated rings. The molecule has 0 unspecified atom stereocenters. The van der Waals surface area contributed by atoms with Gasteiger partial charge in [0.25, 0.3) is 0 Å². The standard InChI is InChI=1S/C59H38/c1-59(2)53-33-45(35-9-13-37(14-10-35)47-27-21-43-19-17-39-5-3-7-41-23-31-51(47)57(43)55(39)41)25-29-49(53)50-30-26-46(34-54(50)59)36-11-15-38(16-12-36)48-28-22-44-20-18-40-6-4-8-42-24-32-52(48)58(44)56(40)42/h3-34H,1-2H3/i1D3,2D3,3D,4D,5D,6D,7D,9D,10D,11D,12D,13D,14D,15D,16D,17D,18D,19D,20D,21D,22D,23D,24D,25D,26D,27D,28D,29D,30D,31D,32D,33D,34D. The third-order valence-corrected chi connectivity index (χ3v) is 10.6. The molecule has 0 radical (unpaired) electrons. The fraction of sp³-hybridized carbons (Fsp3) is 0.0508. The molecule has 0 bridgehead atoms. The molecule has 0 amide bonds. The van der Waals surface area contributed by atoms with E-state index in [0.717, 1.165) is 6.07 Å². The lowest BCUT2D eigenvalue weighted by molar-refractivity contribution is 0.661. The summed E-state index contributed by atoms with van der Waals surface area (Å²) in [5.74, 6) is 0. The van der Waals surface area contributed by atoms with Gasteiger partial charge in [0.2, 0.25) is 0 Å². The van der Waals surface area contributed by atoms with Crippen molar-refractivity contribution in [3.05, 3.63) is 205 Å². The van der Waals surface area contributed by atoms with Gasteiger partial charge in [-0.05, 0) is 143 Å². The molecule has 1 aliphatic carbocycles. The monoisotopic (exact) mass is 784 g/mol. The lowest BCUT2D eigenvalue weighted by Gasteiger charge is -2.23. The summed E-state index contributed by atoms with van der Waals surface area (Å²) in [5.41, 5.74) is -16.3. The molecule has 0 nitrogen and oxygen atoms in total. The highest BCUT2D eigenvalue weighted by molar-refractivity contribution is 6.26. The number of hydrogen-bond donors (Lipinski definition) is 0. The summed E-state index contributed by atoms with van der Waals surface area (Å²) >= 11 is 0. The minimum absolute atomic E-state index is 0.166. The van der Waals surface area contributed by atoms with Crippen LogP contribution in [0.1, 0.15) is 75.5 Å². The summed E-state index contributed by atoms with van der Waals surface area (Å²) in [7, 11) is 0. The number of rotatable bonds is 4. The summed E-state index contributed by atoms with van der Waals surface area (Å²) < 4.78 is 341. The first-order valence-electron chi connectivity index (χ1n) is 36.3. The van der Waals surface area contributed by atoms with Crippen molar-refractivity contribution in [3.63, 3.8) is 0 Å². The van der Waals surface area contributed by atoms with Crippen LogP contribution in [0, 0.1) is 0 Å². The fourth-order valence-electron chi connectivity index (χ4n) is 7.81. The van der Waals surface area contributed by atoms with Crippen LogP contribution in [0.4, 0.5) is 0 Å². The molecular weight excluding hydrogens is 709 g/mol. The fourth-order valence-corrected chi connectivity index (χ4v) is 7.81. The zero-order chi connectivity index (χ0) is 71.0. The molecule has 0 saturated carbocycles. The van der Waals surface area contributed by atoms with E-state index in [1.807, 2.05) is 0 Å². The summed E-state index contributed by atoms with van der Waals surface area (Å²) in [6.07, 6.45) is 0. The highest BCUT2D eigenvalue weighted by atomic mass is 14.4. The van der Waals surface area contributed by atoms with Crippen LogP contribution in [-0.2, 0) is 5.41 Å². The van der Waals surface area contributed by atoms with Crippen LogP contribution in [0.25, 0.3) is 120 Å². The Bertz CT molecular complexity index is 5640. The normalized spacial score (nSPS) is 22.7. The van der Waals surface area contributed by atoms with Gasteiger partial charge in [-0.15, -0.1) is 0 Å². The van der Waals surface area contributed by atoms with E-state index in [9.17, 15) is 32.9 Å². The first kappa shape index (κ1) is 13.1. The van der Waals surface area contributed by atoms with Crippen molar-refractivity contribution in [1.82, 2.24) is 0 Å². The van der Waals surface area contributed by atoms with E-state index in [4.69, 9.17) is 17.8 Å². The van der Waals surface area contributed by atoms with Crippen molar-refractivity contribution < 1.29 is 50.7 Å². The average Bonchev–Trinajstić information content (AvgIpc) is 1.40. The van der Waals surface area contributed by atoms with Crippen LogP contribution in [0.15, 0.2) is 193 Å². The van der Waals surface area contributed by atoms with E-state index in [0.29, 0.717) is 0 Å². The maximum Gasteiger partial charge on any atom is 0.0633 e. The Morgan fingerprint density at radius 1 is 0.322 bits per heavy atom. The Hall–Kier alpha value is -7.28. The molecule has 0 heterocycles. The van der Waals surface area contributed by atoms with E-state index in [-0.39, 0.29) is 32.3 Å². The topological polar surface area (TPSA) is 0 Å². The highest BCUT2D eigenvalue weighted by Gasteiger charge is 2.36. The first-order chi connectivity index (χ1) is 44.5. The highest BCUT2D eigenvalue weighted by Crippen LogP contribution is 2.51. The second kappa shape index (κ2) is 11.9. The van der Waals surface area contributed by atoms with Crippen molar-refractivity contribution in [3.8, 4) is 55.6 Å². The molecule has 0 aliphatic heterocycles. The van der Waals surface area contributed by atoms with Gasteiger partial charge in [-0.1, -0.05) is 195 Å². The predicted molar refractivity (Wildman–Crippen MR) is 253 cm³/mol. The van der Waals surface area contributed by atoms with Gasteiger partial charge in [-0.25, -0.2) is 0 Å². The van der Waals surface area contributed by atoms with Gasteiger partial charge in [0.1, 0.15) is 0 Å². The minimum atomic E-state index is -4.12. The van der Waals surface area contributed by atoms with E-state index in [2.05, 4.69) is 0 Å². The lowest BCUT2D eigenvalue weighted by Crippen LogP contribution is -2.15. The Kier molecular flexibility index (Phi) is 2.64. The predicted octanol–water partition coefficient (Wildman–Crippen LogP) is 16.5. The summed E-state index contributed by atoms with van der Waals surface area (Å²) in [6.45, 7) is -8.24. The number of fused-ring (bicyclic) bond motifs is 3. The molecule has 12 aromatic carbocycles. The SMILES string of the molecule is [2H]c1cc2c([2H])c([2H])c3c(-c4c([2H])c([2H])c(-c5c([2H])c([2H])c6c(c5[2H])C(C([2H])([2H])[2H])(C([2H])([2H])[2H])c5c([2H])c(-c7c([2H])c([2H])c(-c8c([2H])c([2H])c9c([2H])c([2H])c%10c([2H])c([2H])c([2H])c%11c([2H])c([2H])c8c9c%10%11)c([2H])c7[2H])c([2H])c([2H])c5-6)c([2H])c4[2H])c([2H])c([2H])c4c([2H])c([2H])c(c1[2H])c2c43. The summed E-state index contributed by atoms with van der Waals surface area (Å²) in [5, 5.41) is -4.65. The van der Waals surface area contributed by atoms with E-state index in [1.54, 1.807) is 0 Å². The number of benzene rings is 12. The Labute approximate surface area is 395 Å². The maximum atomic E-state index is 9.91. The molecule has 274 valence electrons. The third-order valence-electron chi connectivity index (χ3n) is 10.6. The Morgan fingerprint density at radius 3 is 1.20 bits per heavy atom. The third kappa shape index (κ3) is 4.66. The van der Waals surface area contributed by atoms with Crippen LogP contribution in [0.2, 0.25) is 0 Å². The second-order valence-corrected chi connectivity index (χ2v) is 13.8. The molecule has 0 spiro atoms. The van der Waals surface area contributed by atoms with Crippen molar-refractivity contribution >= 4 is 64.6 Å². The van der Waals surface area contributed by atoms with Crippen LogP contribution >= 0.6 is 0 Å². The van der Waals surface area contributed by atoms with Crippen LogP contribution < -0.4 is 0 Å². The Balaban J connectivity index is 1.08. The van der Waals surface area contributed by atoms with E-state index in [1.165, 1.54) is 0 Å². The molecule has 0 N–H and O–H groups in total. The minimum Gasteiger partial charge on any atom is -0.0610 e. The van der Waals surface area contributed by atoms with Gasteiger partial charge in [0.15, 0.2) is 0 Å². The van der Waals surface area contributed by atoms with Crippen LogP contribution in [-0.4, -0.2) is 0 Å². The molecule has 0 aromatic heterocycles. The summed E-state index contributed by atoms with van der Waals surface area (Å²) in [4.78, 5) is 0. The molecule has 0 saturated heterocycles. The quantitative estimate of drug-likeness (QED) is 0.156. The van der Waals surface area contributed by atoms with Crippen molar-refractivity contribution in [2.24, 2.45) is 0 Å². The Morgan fingerprint density at radius 2 is 0.695 bits per heavy atom. The van der Waals surface area contributed by atoms with Crippen molar-refractivity contribution in [1.29, 1.82) is 0 Å². The second-order valence-electron chi connectivity index (χ2n) is 13.8. The molecule has 0 atom stereocenters. The van der Waals surface area contributed by atoms with Gasteiger partial charge < -0.3 is 0 Å². The molecule has 12 aromatic rings. The van der Waals surface area contributed by atoms with Gasteiger partial charge in [0.05, 0.1) is 42.5 Å². The molecule has 0 heteroatoms.